The Morgan fingerprint density at radius 1 is 1.50 bits per heavy atom. The number of rotatable bonds is 5. The molecule has 0 amide bonds. The molecule has 1 heterocycles. The predicted octanol–water partition coefficient (Wildman–Crippen LogP) is 1.26. The van der Waals surface area contributed by atoms with Gasteiger partial charge in [0.2, 0.25) is 0 Å². The van der Waals surface area contributed by atoms with Crippen LogP contribution in [-0.2, 0) is 4.74 Å². The summed E-state index contributed by atoms with van der Waals surface area (Å²) < 4.78 is 5.20. The molecule has 1 rings (SSSR count). The number of aliphatic hydroxyl groups excluding tert-OH is 1. The van der Waals surface area contributed by atoms with E-state index in [0.29, 0.717) is 13.2 Å². The molecule has 0 aromatic heterocycles. The summed E-state index contributed by atoms with van der Waals surface area (Å²) >= 11 is 0. The number of aliphatic hydroxyl groups is 1. The average Bonchev–Trinajstić information content (AvgIpc) is 2.43. The van der Waals surface area contributed by atoms with Crippen molar-refractivity contribution in [3.05, 3.63) is 0 Å². The van der Waals surface area contributed by atoms with Crippen molar-refractivity contribution in [2.24, 2.45) is 0 Å². The van der Waals surface area contributed by atoms with Crippen molar-refractivity contribution < 1.29 is 9.84 Å². The molecule has 14 heavy (non-hydrogen) atoms. The van der Waals surface area contributed by atoms with Gasteiger partial charge in [0.1, 0.15) is 0 Å². The van der Waals surface area contributed by atoms with Crippen LogP contribution in [0.4, 0.5) is 0 Å². The second-order valence-corrected chi connectivity index (χ2v) is 4.68. The molecule has 1 aliphatic heterocycles. The fourth-order valence-corrected chi connectivity index (χ4v) is 2.06. The number of nitrogens with zero attached hydrogens (tertiary/aromatic N) is 1. The lowest BCUT2D eigenvalue weighted by Gasteiger charge is -2.33. The molecule has 0 spiro atoms. The van der Waals surface area contributed by atoms with E-state index < -0.39 is 0 Å². The SMILES string of the molecule is CCOCC(O)CN1CCCC1(C)C. The number of ether oxygens (including phenoxy) is 1. The van der Waals surface area contributed by atoms with Crippen LogP contribution in [0.5, 0.6) is 0 Å². The van der Waals surface area contributed by atoms with Crippen LogP contribution >= 0.6 is 0 Å². The highest BCUT2D eigenvalue weighted by atomic mass is 16.5. The van der Waals surface area contributed by atoms with E-state index >= 15 is 0 Å². The zero-order chi connectivity index (χ0) is 10.6. The van der Waals surface area contributed by atoms with E-state index in [4.69, 9.17) is 4.74 Å². The predicted molar refractivity (Wildman–Crippen MR) is 57.4 cm³/mol. The average molecular weight is 201 g/mol. The number of hydrogen-bond acceptors (Lipinski definition) is 3. The lowest BCUT2D eigenvalue weighted by Crippen LogP contribution is -2.43. The zero-order valence-electron chi connectivity index (χ0n) is 9.62. The Kier molecular flexibility index (Phi) is 4.35. The van der Waals surface area contributed by atoms with E-state index in [-0.39, 0.29) is 11.6 Å². The topological polar surface area (TPSA) is 32.7 Å². The van der Waals surface area contributed by atoms with Gasteiger partial charge in [-0.3, -0.25) is 4.90 Å². The summed E-state index contributed by atoms with van der Waals surface area (Å²) in [6.07, 6.45) is 2.13. The molecule has 0 aromatic rings. The largest absolute Gasteiger partial charge is 0.389 e. The van der Waals surface area contributed by atoms with Gasteiger partial charge in [0.05, 0.1) is 12.7 Å². The van der Waals surface area contributed by atoms with Crippen molar-refractivity contribution in [2.45, 2.75) is 45.3 Å². The minimum absolute atomic E-state index is 0.257. The fourth-order valence-electron chi connectivity index (χ4n) is 2.06. The summed E-state index contributed by atoms with van der Waals surface area (Å²) in [7, 11) is 0. The molecule has 0 radical (unpaired) electrons. The molecule has 1 aliphatic rings. The number of hydrogen-bond donors (Lipinski definition) is 1. The minimum atomic E-state index is -0.340. The minimum Gasteiger partial charge on any atom is -0.389 e. The van der Waals surface area contributed by atoms with Crippen molar-refractivity contribution in [2.75, 3.05) is 26.3 Å². The van der Waals surface area contributed by atoms with E-state index in [1.165, 1.54) is 12.8 Å². The summed E-state index contributed by atoms with van der Waals surface area (Å²) in [6.45, 7) is 9.43. The van der Waals surface area contributed by atoms with E-state index in [1.54, 1.807) is 0 Å². The molecule has 0 bridgehead atoms. The van der Waals surface area contributed by atoms with Crippen LogP contribution < -0.4 is 0 Å². The number of likely N-dealkylation sites (tertiary alicyclic amines) is 1. The van der Waals surface area contributed by atoms with Gasteiger partial charge in [-0.1, -0.05) is 0 Å². The molecule has 1 fully saturated rings. The van der Waals surface area contributed by atoms with Gasteiger partial charge in [-0.25, -0.2) is 0 Å². The molecular formula is C11H23NO2. The summed E-state index contributed by atoms with van der Waals surface area (Å²) in [4.78, 5) is 2.36. The lowest BCUT2D eigenvalue weighted by atomic mass is 10.0. The highest BCUT2D eigenvalue weighted by Crippen LogP contribution is 2.27. The van der Waals surface area contributed by atoms with Gasteiger partial charge in [0, 0.05) is 18.7 Å². The Hall–Kier alpha value is -0.120. The highest BCUT2D eigenvalue weighted by Gasteiger charge is 2.32. The summed E-state index contributed by atoms with van der Waals surface area (Å²) in [5, 5.41) is 9.71. The highest BCUT2D eigenvalue weighted by molar-refractivity contribution is 4.88. The Bertz CT molecular complexity index is 171. The maximum Gasteiger partial charge on any atom is 0.0900 e. The monoisotopic (exact) mass is 201 g/mol. The second-order valence-electron chi connectivity index (χ2n) is 4.68. The zero-order valence-corrected chi connectivity index (χ0v) is 9.62. The summed E-state index contributed by atoms with van der Waals surface area (Å²) in [5.41, 5.74) is 0.257. The quantitative estimate of drug-likeness (QED) is 0.727. The molecule has 1 unspecified atom stereocenters. The standard InChI is InChI=1S/C11H23NO2/c1-4-14-9-10(13)8-12-7-5-6-11(12,2)3/h10,13H,4-9H2,1-3H3. The van der Waals surface area contributed by atoms with E-state index in [1.807, 2.05) is 6.92 Å². The van der Waals surface area contributed by atoms with Crippen LogP contribution in [0.15, 0.2) is 0 Å². The van der Waals surface area contributed by atoms with E-state index in [0.717, 1.165) is 13.1 Å². The maximum absolute atomic E-state index is 9.71. The molecule has 0 aliphatic carbocycles. The number of β-amino-alcohol motifs (C(OH)–C–C–N with tert-alkyl or cyclic N) is 1. The molecule has 3 heteroatoms. The van der Waals surface area contributed by atoms with E-state index in [9.17, 15) is 5.11 Å². The second kappa shape index (κ2) is 5.10. The van der Waals surface area contributed by atoms with Crippen LogP contribution in [0.1, 0.15) is 33.6 Å². The van der Waals surface area contributed by atoms with Crippen molar-refractivity contribution in [3.63, 3.8) is 0 Å². The maximum atomic E-state index is 9.71. The van der Waals surface area contributed by atoms with Crippen molar-refractivity contribution >= 4 is 0 Å². The molecule has 84 valence electrons. The van der Waals surface area contributed by atoms with Gasteiger partial charge in [0.25, 0.3) is 0 Å². The molecular weight excluding hydrogens is 178 g/mol. The van der Waals surface area contributed by atoms with Gasteiger partial charge in [-0.2, -0.15) is 0 Å². The van der Waals surface area contributed by atoms with Gasteiger partial charge < -0.3 is 9.84 Å². The first-order valence-corrected chi connectivity index (χ1v) is 5.57. The first kappa shape index (κ1) is 12.0. The van der Waals surface area contributed by atoms with Gasteiger partial charge in [-0.15, -0.1) is 0 Å². The Labute approximate surface area is 87.1 Å². The summed E-state index contributed by atoms with van der Waals surface area (Å²) in [5.74, 6) is 0. The normalized spacial score (nSPS) is 24.0. The van der Waals surface area contributed by atoms with E-state index in [2.05, 4.69) is 18.7 Å². The smallest absolute Gasteiger partial charge is 0.0900 e. The molecule has 0 aromatic carbocycles. The van der Waals surface area contributed by atoms with Crippen molar-refractivity contribution in [3.8, 4) is 0 Å². The first-order chi connectivity index (χ1) is 6.56. The third-order valence-corrected chi connectivity index (χ3v) is 3.02. The molecule has 1 N–H and O–H groups in total. The van der Waals surface area contributed by atoms with Crippen LogP contribution in [-0.4, -0.2) is 48.0 Å². The molecule has 3 nitrogen and oxygen atoms in total. The van der Waals surface area contributed by atoms with Crippen molar-refractivity contribution in [1.29, 1.82) is 0 Å². The Balaban J connectivity index is 2.29. The molecule has 1 saturated heterocycles. The van der Waals surface area contributed by atoms with Gasteiger partial charge in [-0.05, 0) is 40.2 Å². The van der Waals surface area contributed by atoms with Gasteiger partial charge in [0.15, 0.2) is 0 Å². The summed E-state index contributed by atoms with van der Waals surface area (Å²) in [6, 6.07) is 0. The Morgan fingerprint density at radius 3 is 2.71 bits per heavy atom. The molecule has 1 atom stereocenters. The van der Waals surface area contributed by atoms with Crippen LogP contribution in [0.25, 0.3) is 0 Å². The van der Waals surface area contributed by atoms with Crippen LogP contribution in [0.3, 0.4) is 0 Å². The van der Waals surface area contributed by atoms with Crippen LogP contribution in [0.2, 0.25) is 0 Å². The third-order valence-electron chi connectivity index (χ3n) is 3.02. The lowest BCUT2D eigenvalue weighted by molar-refractivity contribution is 0.00913. The third kappa shape index (κ3) is 3.23. The van der Waals surface area contributed by atoms with Crippen molar-refractivity contribution in [1.82, 2.24) is 4.90 Å². The van der Waals surface area contributed by atoms with Crippen LogP contribution in [0, 0.1) is 0 Å². The first-order valence-electron chi connectivity index (χ1n) is 5.57. The fraction of sp³-hybridized carbons (Fsp3) is 1.00. The van der Waals surface area contributed by atoms with Gasteiger partial charge >= 0.3 is 0 Å². The Morgan fingerprint density at radius 2 is 2.21 bits per heavy atom. The molecule has 0 saturated carbocycles.